The number of aromatic nitrogens is 2. The molecule has 0 unspecified atom stereocenters. The van der Waals surface area contributed by atoms with Crippen LogP contribution in [0.25, 0.3) is 11.4 Å². The van der Waals surface area contributed by atoms with Crippen LogP contribution in [0.15, 0.2) is 65.2 Å². The maximum Gasteiger partial charge on any atom is 0.378 e. The van der Waals surface area contributed by atoms with Crippen LogP contribution in [-0.2, 0) is 0 Å². The molecule has 0 aliphatic rings. The SMILES string of the molecule is O=[N+](Nc1nc(-c2ccccc2)no1)c1ccccc1. The first-order valence-electron chi connectivity index (χ1n) is 6.01. The molecule has 0 aliphatic heterocycles. The molecule has 98 valence electrons. The minimum atomic E-state index is 0.0442. The minimum absolute atomic E-state index is 0.0442. The van der Waals surface area contributed by atoms with Crippen molar-refractivity contribution in [2.45, 2.75) is 0 Å². The average Bonchev–Trinajstić information content (AvgIpc) is 2.97. The van der Waals surface area contributed by atoms with E-state index in [1.807, 2.05) is 36.4 Å². The number of hydrazine groups is 1. The number of nitrogens with one attached hydrogen (secondary N) is 1. The van der Waals surface area contributed by atoms with Crippen LogP contribution in [0.5, 0.6) is 0 Å². The number of benzene rings is 2. The van der Waals surface area contributed by atoms with E-state index in [9.17, 15) is 4.91 Å². The molecule has 0 saturated heterocycles. The van der Waals surface area contributed by atoms with E-state index in [-0.39, 0.29) is 6.01 Å². The molecule has 1 aromatic heterocycles. The predicted molar refractivity (Wildman–Crippen MR) is 73.1 cm³/mol. The Hall–Kier alpha value is -3.02. The Labute approximate surface area is 114 Å². The van der Waals surface area contributed by atoms with E-state index < -0.39 is 0 Å². The van der Waals surface area contributed by atoms with E-state index in [2.05, 4.69) is 15.6 Å². The summed E-state index contributed by atoms with van der Waals surface area (Å²) >= 11 is 0. The molecule has 0 bridgehead atoms. The Morgan fingerprint density at radius 1 is 0.950 bits per heavy atom. The van der Waals surface area contributed by atoms with E-state index in [0.717, 1.165) is 5.56 Å². The molecule has 3 aromatic rings. The van der Waals surface area contributed by atoms with Crippen LogP contribution < -0.4 is 5.43 Å². The van der Waals surface area contributed by atoms with Crippen molar-refractivity contribution in [2.24, 2.45) is 0 Å². The number of nitrogens with zero attached hydrogens (tertiary/aromatic N) is 3. The second-order valence-corrected chi connectivity index (χ2v) is 4.03. The van der Waals surface area contributed by atoms with Gasteiger partial charge in [0.15, 0.2) is 4.87 Å². The van der Waals surface area contributed by atoms with Crippen LogP contribution in [0.3, 0.4) is 0 Å². The van der Waals surface area contributed by atoms with Gasteiger partial charge in [0.2, 0.25) is 5.82 Å². The normalized spacial score (nSPS) is 10.2. The number of para-hydroxylation sites is 1. The molecule has 0 radical (unpaired) electrons. The van der Waals surface area contributed by atoms with Crippen LogP contribution in [0.4, 0.5) is 11.7 Å². The van der Waals surface area contributed by atoms with Gasteiger partial charge in [-0.3, -0.25) is 0 Å². The molecule has 0 fully saturated rings. The van der Waals surface area contributed by atoms with Gasteiger partial charge >= 0.3 is 6.01 Å². The zero-order valence-corrected chi connectivity index (χ0v) is 10.4. The lowest BCUT2D eigenvalue weighted by Gasteiger charge is -1.91. The van der Waals surface area contributed by atoms with Crippen molar-refractivity contribution in [1.82, 2.24) is 10.1 Å². The highest BCUT2D eigenvalue weighted by molar-refractivity contribution is 5.54. The standard InChI is InChI=1S/C14H11N4O2/c19-18(12-9-5-2-6-10-12)16-14-15-13(17-20-14)11-7-3-1-4-8-11/h1-10H,(H,15,16,17,19)/q+1. The topological polar surface area (TPSA) is 71.0 Å². The number of nitroso groups, excluding NO2 is 1. The van der Waals surface area contributed by atoms with Gasteiger partial charge in [-0.1, -0.05) is 59.1 Å². The Kier molecular flexibility index (Phi) is 3.20. The Balaban J connectivity index is 1.77. The van der Waals surface area contributed by atoms with Gasteiger partial charge in [-0.15, -0.1) is 0 Å². The van der Waals surface area contributed by atoms with Crippen molar-refractivity contribution in [2.75, 3.05) is 5.43 Å². The van der Waals surface area contributed by atoms with E-state index in [1.54, 1.807) is 24.3 Å². The molecule has 20 heavy (non-hydrogen) atoms. The molecule has 3 rings (SSSR count). The van der Waals surface area contributed by atoms with Crippen molar-refractivity contribution < 1.29 is 9.39 Å². The maximum atomic E-state index is 11.8. The summed E-state index contributed by atoms with van der Waals surface area (Å²) in [6.45, 7) is 0. The van der Waals surface area contributed by atoms with Crippen LogP contribution in [0.1, 0.15) is 0 Å². The largest absolute Gasteiger partial charge is 0.378 e. The van der Waals surface area contributed by atoms with Gasteiger partial charge in [0.05, 0.1) is 4.91 Å². The lowest BCUT2D eigenvalue weighted by Crippen LogP contribution is -2.10. The molecular formula is C14H11N4O2+. The molecule has 2 aromatic carbocycles. The van der Waals surface area contributed by atoms with Gasteiger partial charge in [0.25, 0.3) is 5.69 Å². The summed E-state index contributed by atoms with van der Waals surface area (Å²) in [6, 6.07) is 18.1. The maximum absolute atomic E-state index is 11.8. The first-order valence-corrected chi connectivity index (χ1v) is 6.01. The van der Waals surface area contributed by atoms with E-state index in [4.69, 9.17) is 4.52 Å². The minimum Gasteiger partial charge on any atom is -0.310 e. The fraction of sp³-hybridized carbons (Fsp3) is 0. The van der Waals surface area contributed by atoms with Gasteiger partial charge in [0.1, 0.15) is 0 Å². The molecule has 1 heterocycles. The van der Waals surface area contributed by atoms with Crippen molar-refractivity contribution in [3.05, 3.63) is 65.6 Å². The van der Waals surface area contributed by atoms with Crippen molar-refractivity contribution in [3.63, 3.8) is 0 Å². The highest BCUT2D eigenvalue weighted by Crippen LogP contribution is 2.18. The van der Waals surface area contributed by atoms with Gasteiger partial charge in [-0.2, -0.15) is 4.98 Å². The smallest absolute Gasteiger partial charge is 0.310 e. The summed E-state index contributed by atoms with van der Waals surface area (Å²) in [7, 11) is 0. The number of anilines is 1. The fourth-order valence-electron chi connectivity index (χ4n) is 1.69. The average molecular weight is 267 g/mol. The number of rotatable bonds is 4. The third kappa shape index (κ3) is 2.54. The van der Waals surface area contributed by atoms with Gasteiger partial charge < -0.3 is 4.52 Å². The second kappa shape index (κ2) is 5.31. The van der Waals surface area contributed by atoms with Crippen molar-refractivity contribution in [3.8, 4) is 11.4 Å². The first kappa shape index (κ1) is 12.0. The predicted octanol–water partition coefficient (Wildman–Crippen LogP) is 3.17. The van der Waals surface area contributed by atoms with E-state index >= 15 is 0 Å². The molecule has 0 atom stereocenters. The van der Waals surface area contributed by atoms with Crippen LogP contribution >= 0.6 is 0 Å². The second-order valence-electron chi connectivity index (χ2n) is 4.03. The Bertz CT molecular complexity index is 710. The molecule has 0 amide bonds. The lowest BCUT2D eigenvalue weighted by molar-refractivity contribution is -0.430. The fourth-order valence-corrected chi connectivity index (χ4v) is 1.69. The third-order valence-electron chi connectivity index (χ3n) is 2.65. The molecular weight excluding hydrogens is 256 g/mol. The molecule has 6 heteroatoms. The molecule has 0 aliphatic carbocycles. The summed E-state index contributed by atoms with van der Waals surface area (Å²) in [5, 5.41) is 3.82. The van der Waals surface area contributed by atoms with Crippen molar-refractivity contribution in [1.29, 1.82) is 0 Å². The highest BCUT2D eigenvalue weighted by atomic mass is 16.5. The van der Waals surface area contributed by atoms with Gasteiger partial charge in [-0.05, 0) is 0 Å². The summed E-state index contributed by atoms with van der Waals surface area (Å²) < 4.78 is 5.00. The summed E-state index contributed by atoms with van der Waals surface area (Å²) in [4.78, 5) is 16.5. The summed E-state index contributed by atoms with van der Waals surface area (Å²) in [5.41, 5.74) is 3.76. The first-order chi connectivity index (χ1) is 9.83. The molecule has 6 nitrogen and oxygen atoms in total. The number of hydrogen-bond donors (Lipinski definition) is 1. The summed E-state index contributed by atoms with van der Waals surface area (Å²) in [6.07, 6.45) is 0. The van der Waals surface area contributed by atoms with Crippen LogP contribution in [0.2, 0.25) is 0 Å². The Morgan fingerprint density at radius 3 is 2.30 bits per heavy atom. The number of hydrogen-bond acceptors (Lipinski definition) is 4. The summed E-state index contributed by atoms with van der Waals surface area (Å²) in [5.74, 6) is 0.426. The zero-order valence-electron chi connectivity index (χ0n) is 10.4. The molecule has 1 N–H and O–H groups in total. The van der Waals surface area contributed by atoms with E-state index in [0.29, 0.717) is 16.4 Å². The highest BCUT2D eigenvalue weighted by Gasteiger charge is 2.18. The van der Waals surface area contributed by atoms with Gasteiger partial charge in [0, 0.05) is 17.7 Å². The van der Waals surface area contributed by atoms with Crippen LogP contribution in [-0.4, -0.2) is 15.0 Å². The quantitative estimate of drug-likeness (QED) is 0.580. The van der Waals surface area contributed by atoms with Crippen LogP contribution in [0, 0.1) is 4.91 Å². The molecule has 0 saturated carbocycles. The monoisotopic (exact) mass is 267 g/mol. The van der Waals surface area contributed by atoms with E-state index in [1.165, 1.54) is 0 Å². The third-order valence-corrected chi connectivity index (χ3v) is 2.65. The zero-order chi connectivity index (χ0) is 13.8. The van der Waals surface area contributed by atoms with Gasteiger partial charge in [-0.25, -0.2) is 0 Å². The van der Waals surface area contributed by atoms with Crippen molar-refractivity contribution >= 4 is 11.7 Å². The molecule has 0 spiro atoms. The lowest BCUT2D eigenvalue weighted by atomic mass is 10.2. The Morgan fingerprint density at radius 2 is 1.60 bits per heavy atom.